The highest BCUT2D eigenvalue weighted by atomic mass is 19.1. The lowest BCUT2D eigenvalue weighted by Gasteiger charge is -2.36. The fourth-order valence-electron chi connectivity index (χ4n) is 4.45. The second kappa shape index (κ2) is 8.19. The van der Waals surface area contributed by atoms with Crippen molar-refractivity contribution in [1.82, 2.24) is 29.3 Å². The van der Waals surface area contributed by atoms with Crippen LogP contribution in [0.15, 0.2) is 41.7 Å². The summed E-state index contributed by atoms with van der Waals surface area (Å²) in [5.41, 5.74) is 0.978. The second-order valence-electron chi connectivity index (χ2n) is 9.18. The number of morpholine rings is 1. The maximum atomic E-state index is 14.8. The van der Waals surface area contributed by atoms with Gasteiger partial charge in [0.1, 0.15) is 28.9 Å². The summed E-state index contributed by atoms with van der Waals surface area (Å²) in [4.78, 5) is 28.3. The number of anilines is 1. The van der Waals surface area contributed by atoms with E-state index in [0.717, 1.165) is 30.5 Å². The summed E-state index contributed by atoms with van der Waals surface area (Å²) in [5.74, 6) is -1.24. The third-order valence-electron chi connectivity index (χ3n) is 6.40. The first-order chi connectivity index (χ1) is 16.9. The van der Waals surface area contributed by atoms with Crippen LogP contribution in [-0.2, 0) is 11.8 Å². The summed E-state index contributed by atoms with van der Waals surface area (Å²) in [6.07, 6.45) is 7.01. The zero-order valence-corrected chi connectivity index (χ0v) is 19.2. The van der Waals surface area contributed by atoms with E-state index in [1.807, 2.05) is 28.9 Å². The smallest absolute Gasteiger partial charge is 0.279 e. The van der Waals surface area contributed by atoms with Crippen molar-refractivity contribution in [2.24, 2.45) is 7.05 Å². The molecule has 3 aromatic heterocycles. The Kier molecular flexibility index (Phi) is 5.10. The monoisotopic (exact) mass is 479 g/mol. The van der Waals surface area contributed by atoms with E-state index in [1.165, 1.54) is 17.0 Å². The highest BCUT2D eigenvalue weighted by Gasteiger charge is 2.32. The Morgan fingerprint density at radius 3 is 2.71 bits per heavy atom. The van der Waals surface area contributed by atoms with Crippen molar-refractivity contribution in [2.75, 3.05) is 18.0 Å². The van der Waals surface area contributed by atoms with Gasteiger partial charge in [0, 0.05) is 37.0 Å². The molecule has 180 valence electrons. The van der Waals surface area contributed by atoms with Gasteiger partial charge in [0.2, 0.25) is 5.95 Å². The van der Waals surface area contributed by atoms with Gasteiger partial charge in [0.15, 0.2) is 5.52 Å². The van der Waals surface area contributed by atoms with Crippen LogP contribution < -0.4 is 10.5 Å². The number of hydrogen-bond donors (Lipinski definition) is 0. The van der Waals surface area contributed by atoms with E-state index in [9.17, 15) is 13.6 Å². The molecule has 0 spiro atoms. The number of nitrogens with zero attached hydrogens (tertiary/aromatic N) is 7. The average molecular weight is 479 g/mol. The number of rotatable bonds is 4. The van der Waals surface area contributed by atoms with Gasteiger partial charge in [0.05, 0.1) is 31.2 Å². The van der Waals surface area contributed by atoms with Crippen LogP contribution in [0.25, 0.3) is 22.3 Å². The van der Waals surface area contributed by atoms with Gasteiger partial charge in [-0.3, -0.25) is 9.48 Å². The fourth-order valence-corrected chi connectivity index (χ4v) is 4.45. The summed E-state index contributed by atoms with van der Waals surface area (Å²) in [7, 11) is 1.57. The lowest BCUT2D eigenvalue weighted by atomic mass is 10.1. The van der Waals surface area contributed by atoms with Crippen molar-refractivity contribution >= 4 is 17.0 Å². The summed E-state index contributed by atoms with van der Waals surface area (Å²) in [6, 6.07) is 3.69. The van der Waals surface area contributed by atoms with Gasteiger partial charge in [0.25, 0.3) is 5.56 Å². The third kappa shape index (κ3) is 3.95. The topological polar surface area (TPSA) is 91.0 Å². The number of ether oxygens (including phenoxy) is 1. The van der Waals surface area contributed by atoms with Gasteiger partial charge in [-0.25, -0.2) is 23.7 Å². The summed E-state index contributed by atoms with van der Waals surface area (Å²) in [6.45, 7) is 2.86. The first kappa shape index (κ1) is 21.8. The quantitative estimate of drug-likeness (QED) is 0.444. The maximum absolute atomic E-state index is 14.8. The number of aromatic nitrogens is 6. The van der Waals surface area contributed by atoms with Crippen molar-refractivity contribution < 1.29 is 13.5 Å². The lowest BCUT2D eigenvalue weighted by Crippen LogP contribution is -2.43. The molecule has 1 saturated heterocycles. The van der Waals surface area contributed by atoms with Gasteiger partial charge >= 0.3 is 0 Å². The number of benzene rings is 1. The van der Waals surface area contributed by atoms with Crippen molar-refractivity contribution in [3.8, 4) is 11.3 Å². The van der Waals surface area contributed by atoms with Crippen LogP contribution in [0.3, 0.4) is 0 Å². The number of fused-ring (bicyclic) bond motifs is 1. The van der Waals surface area contributed by atoms with Crippen molar-refractivity contribution in [3.05, 3.63) is 64.5 Å². The van der Waals surface area contributed by atoms with Gasteiger partial charge in [-0.15, -0.1) is 0 Å². The van der Waals surface area contributed by atoms with Crippen LogP contribution in [0.5, 0.6) is 0 Å². The predicted molar refractivity (Wildman–Crippen MR) is 124 cm³/mol. The Morgan fingerprint density at radius 2 is 1.94 bits per heavy atom. The van der Waals surface area contributed by atoms with Gasteiger partial charge < -0.3 is 14.2 Å². The Morgan fingerprint density at radius 1 is 1.11 bits per heavy atom. The molecule has 6 rings (SSSR count). The molecule has 0 bridgehead atoms. The van der Waals surface area contributed by atoms with Crippen molar-refractivity contribution in [2.45, 2.75) is 38.0 Å². The second-order valence-corrected chi connectivity index (χ2v) is 9.18. The Balaban J connectivity index is 1.45. The molecule has 1 saturated carbocycles. The molecular weight excluding hydrogens is 456 g/mol. The van der Waals surface area contributed by atoms with Crippen LogP contribution in [0, 0.1) is 11.6 Å². The normalized spacial score (nSPS) is 20.5. The number of aryl methyl sites for hydroxylation is 1. The fraction of sp³-hybridized carbons (Fsp3) is 0.375. The molecule has 9 nitrogen and oxygen atoms in total. The Hall–Kier alpha value is -3.73. The van der Waals surface area contributed by atoms with Gasteiger partial charge in [-0.05, 0) is 31.9 Å². The van der Waals surface area contributed by atoms with E-state index in [0.29, 0.717) is 19.1 Å². The van der Waals surface area contributed by atoms with Crippen LogP contribution >= 0.6 is 0 Å². The third-order valence-corrected chi connectivity index (χ3v) is 6.40. The van der Waals surface area contributed by atoms with E-state index < -0.39 is 11.6 Å². The molecule has 35 heavy (non-hydrogen) atoms. The highest BCUT2D eigenvalue weighted by Crippen LogP contribution is 2.36. The van der Waals surface area contributed by atoms with Crippen molar-refractivity contribution in [1.29, 1.82) is 0 Å². The number of hydrogen-bond acceptors (Lipinski definition) is 7. The molecule has 2 aliphatic rings. The molecule has 1 aliphatic heterocycles. The molecule has 1 aliphatic carbocycles. The predicted octanol–water partition coefficient (Wildman–Crippen LogP) is 3.17. The van der Waals surface area contributed by atoms with Crippen molar-refractivity contribution in [3.63, 3.8) is 0 Å². The zero-order chi connectivity index (χ0) is 24.3. The molecule has 0 radical (unpaired) electrons. The zero-order valence-electron chi connectivity index (χ0n) is 19.2. The van der Waals surface area contributed by atoms with Crippen LogP contribution in [0.2, 0.25) is 0 Å². The maximum Gasteiger partial charge on any atom is 0.279 e. The molecule has 2 atom stereocenters. The summed E-state index contributed by atoms with van der Waals surface area (Å²) >= 11 is 0. The molecule has 4 heterocycles. The highest BCUT2D eigenvalue weighted by molar-refractivity contribution is 5.89. The first-order valence-electron chi connectivity index (χ1n) is 11.5. The summed E-state index contributed by atoms with van der Waals surface area (Å²) in [5, 5.41) is 4.47. The molecule has 0 amide bonds. The minimum Gasteiger partial charge on any atom is -0.367 e. The molecule has 4 aromatic rings. The Labute approximate surface area is 199 Å². The van der Waals surface area contributed by atoms with Gasteiger partial charge in [-0.1, -0.05) is 0 Å². The molecule has 0 N–H and O–H groups in total. The Bertz CT molecular complexity index is 1500. The molecule has 1 aromatic carbocycles. The number of halogens is 2. The van der Waals surface area contributed by atoms with Crippen LogP contribution in [0.4, 0.5) is 14.7 Å². The van der Waals surface area contributed by atoms with E-state index in [1.54, 1.807) is 7.05 Å². The molecule has 0 unspecified atom stereocenters. The molecular formula is C24H23F2N7O2. The minimum absolute atomic E-state index is 0.0457. The lowest BCUT2D eigenvalue weighted by molar-refractivity contribution is -0.0178. The SMILES string of the molecule is C[C@H]1CN(c2nc(-c3ccc(F)cc3F)c3ncn(C)c(=O)c3n2)C[C@H](c2cnn(C3CC3)c2)O1. The van der Waals surface area contributed by atoms with Crippen LogP contribution in [-0.4, -0.2) is 48.5 Å². The minimum atomic E-state index is -0.792. The van der Waals surface area contributed by atoms with E-state index >= 15 is 0 Å². The molecule has 2 fully saturated rings. The van der Waals surface area contributed by atoms with E-state index in [-0.39, 0.29) is 46.0 Å². The van der Waals surface area contributed by atoms with Gasteiger partial charge in [-0.2, -0.15) is 5.10 Å². The largest absolute Gasteiger partial charge is 0.367 e. The van der Waals surface area contributed by atoms with E-state index in [4.69, 9.17) is 4.74 Å². The standard InChI is InChI=1S/C24H23F2N7O2/c1-13-9-32(11-19(35-13)14-8-28-33(10-14)16-4-5-16)24-29-20(17-6-3-15(25)7-18(17)26)21-22(30-24)23(34)31(2)12-27-21/h3,6-8,10,12-13,16,19H,4-5,9,11H2,1-2H3/t13-,19+/m0/s1. The molecule has 11 heteroatoms. The average Bonchev–Trinajstić information content (AvgIpc) is 3.57. The van der Waals surface area contributed by atoms with E-state index in [2.05, 4.69) is 20.1 Å². The first-order valence-corrected chi connectivity index (χ1v) is 11.5. The van der Waals surface area contributed by atoms with Crippen LogP contribution in [0.1, 0.15) is 37.5 Å². The summed E-state index contributed by atoms with van der Waals surface area (Å²) < 4.78 is 37.8.